The third kappa shape index (κ3) is 14.7. The molecule has 9 rings (SSSR count). The summed E-state index contributed by atoms with van der Waals surface area (Å²) < 4.78 is 37.0. The van der Waals surface area contributed by atoms with Crippen LogP contribution >= 0.6 is 0 Å². The molecule has 0 N–H and O–H groups in total. The zero-order chi connectivity index (χ0) is 56.7. The van der Waals surface area contributed by atoms with E-state index in [0.717, 1.165) is 96.7 Å². The highest BCUT2D eigenvalue weighted by molar-refractivity contribution is 5.72. The molecule has 10 heteroatoms. The van der Waals surface area contributed by atoms with Crippen molar-refractivity contribution in [3.05, 3.63) is 0 Å². The summed E-state index contributed by atoms with van der Waals surface area (Å²) in [5.41, 5.74) is 1.79. The average Bonchev–Trinajstić information content (AvgIpc) is 3.57. The van der Waals surface area contributed by atoms with Crippen molar-refractivity contribution in [3.8, 4) is 0 Å². The maximum atomic E-state index is 13.7. The van der Waals surface area contributed by atoms with Crippen LogP contribution in [-0.4, -0.2) is 126 Å². The van der Waals surface area contributed by atoms with E-state index in [4.69, 9.17) is 28.4 Å². The molecule has 1 aliphatic heterocycles. The van der Waals surface area contributed by atoms with Crippen LogP contribution in [0.15, 0.2) is 0 Å². The second-order valence-electron chi connectivity index (χ2n) is 31.1. The van der Waals surface area contributed by atoms with Crippen molar-refractivity contribution in [3.63, 3.8) is 0 Å². The van der Waals surface area contributed by atoms with E-state index in [1.807, 2.05) is 0 Å². The minimum Gasteiger partial charge on any atom is -0.461 e. The Kier molecular flexibility index (Phi) is 22.5. The number of ether oxygens (including phenoxy) is 6. The van der Waals surface area contributed by atoms with Gasteiger partial charge in [-0.25, -0.2) is 0 Å². The fourth-order valence-corrected chi connectivity index (χ4v) is 21.5. The van der Waals surface area contributed by atoms with Crippen LogP contribution in [0, 0.1) is 105 Å². The summed E-state index contributed by atoms with van der Waals surface area (Å²) in [7, 11) is 0. The van der Waals surface area contributed by atoms with Gasteiger partial charge in [0.1, 0.15) is 12.2 Å². The quantitative estimate of drug-likeness (QED) is 0.139. The van der Waals surface area contributed by atoms with Gasteiger partial charge in [-0.2, -0.15) is 0 Å². The lowest BCUT2D eigenvalue weighted by Gasteiger charge is -2.61. The molecule has 1 heterocycles. The molecule has 9 aliphatic rings. The van der Waals surface area contributed by atoms with Gasteiger partial charge in [-0.15, -0.1) is 0 Å². The molecule has 8 saturated carbocycles. The molecule has 460 valence electrons. The Hall–Kier alpha value is -1.30. The highest BCUT2D eigenvalue weighted by Gasteiger charge is 2.62. The van der Waals surface area contributed by atoms with Gasteiger partial charge in [-0.05, 0) is 220 Å². The fraction of sp³-hybridized carbons (Fsp3) is 0.971. The molecule has 9 fully saturated rings. The zero-order valence-electron chi connectivity index (χ0n) is 53.3. The Morgan fingerprint density at radius 3 is 1.14 bits per heavy atom. The first kappa shape index (κ1) is 63.2. The van der Waals surface area contributed by atoms with E-state index in [0.29, 0.717) is 113 Å². The van der Waals surface area contributed by atoms with Gasteiger partial charge >= 0.3 is 11.9 Å². The van der Waals surface area contributed by atoms with E-state index in [1.54, 1.807) is 0 Å². The summed E-state index contributed by atoms with van der Waals surface area (Å²) >= 11 is 0. The third-order valence-electron chi connectivity index (χ3n) is 25.9. The highest BCUT2D eigenvalue weighted by atomic mass is 16.6. The van der Waals surface area contributed by atoms with Gasteiger partial charge < -0.3 is 28.4 Å². The first-order valence-electron chi connectivity index (χ1n) is 34.6. The van der Waals surface area contributed by atoms with Crippen LogP contribution in [0.3, 0.4) is 0 Å². The molecule has 0 aromatic rings. The largest absolute Gasteiger partial charge is 0.461 e. The molecule has 8 aliphatic carbocycles. The van der Waals surface area contributed by atoms with Gasteiger partial charge in [0.15, 0.2) is 0 Å². The summed E-state index contributed by atoms with van der Waals surface area (Å²) in [6, 6.07) is 0. The summed E-state index contributed by atoms with van der Waals surface area (Å²) in [4.78, 5) is 31.6. The second-order valence-corrected chi connectivity index (χ2v) is 31.1. The van der Waals surface area contributed by atoms with Crippen molar-refractivity contribution in [1.29, 1.82) is 0 Å². The van der Waals surface area contributed by atoms with Gasteiger partial charge in [-0.3, -0.25) is 19.4 Å². The first-order chi connectivity index (χ1) is 38.4. The Labute approximate surface area is 489 Å². The molecular weight excluding hydrogens is 997 g/mol. The molecule has 4 unspecified atom stereocenters. The van der Waals surface area contributed by atoms with E-state index in [2.05, 4.69) is 79.0 Å². The molecule has 0 aromatic carbocycles. The molecule has 0 spiro atoms. The van der Waals surface area contributed by atoms with Gasteiger partial charge in [0.05, 0.1) is 65.9 Å². The van der Waals surface area contributed by atoms with Crippen LogP contribution in [0.2, 0.25) is 0 Å². The average molecular weight is 1120 g/mol. The van der Waals surface area contributed by atoms with Gasteiger partial charge in [0, 0.05) is 26.2 Å². The summed E-state index contributed by atoms with van der Waals surface area (Å²) in [6.45, 7) is 32.3. The highest BCUT2D eigenvalue weighted by Crippen LogP contribution is 2.70. The van der Waals surface area contributed by atoms with Crippen molar-refractivity contribution in [2.45, 2.75) is 236 Å². The lowest BCUT2D eigenvalue weighted by Crippen LogP contribution is -2.54. The summed E-state index contributed by atoms with van der Waals surface area (Å²) in [6.07, 6.45) is 31.6. The van der Waals surface area contributed by atoms with E-state index < -0.39 is 0 Å². The van der Waals surface area contributed by atoms with Crippen molar-refractivity contribution >= 4 is 11.9 Å². The van der Waals surface area contributed by atoms with Crippen molar-refractivity contribution in [1.82, 2.24) is 9.80 Å². The predicted molar refractivity (Wildman–Crippen MR) is 322 cm³/mol. The lowest BCUT2D eigenvalue weighted by molar-refractivity contribution is -0.164. The molecule has 0 amide bonds. The minimum atomic E-state index is -0.118. The van der Waals surface area contributed by atoms with Crippen molar-refractivity contribution in [2.24, 2.45) is 105 Å². The monoisotopic (exact) mass is 1120 g/mol. The molecule has 1 saturated heterocycles. The van der Waals surface area contributed by atoms with Crippen LogP contribution < -0.4 is 0 Å². The molecule has 0 radical (unpaired) electrons. The summed E-state index contributed by atoms with van der Waals surface area (Å²) in [5, 5.41) is 0. The van der Waals surface area contributed by atoms with E-state index >= 15 is 0 Å². The number of carbonyl (C=O) groups is 2. The van der Waals surface area contributed by atoms with Crippen LogP contribution in [0.25, 0.3) is 0 Å². The van der Waals surface area contributed by atoms with Crippen LogP contribution in [-0.2, 0) is 38.0 Å². The normalized spacial score (nSPS) is 41.6. The molecule has 18 atom stereocenters. The number of carbonyl (C=O) groups excluding carboxylic acids is 2. The lowest BCUT2D eigenvalue weighted by atomic mass is 9.44. The van der Waals surface area contributed by atoms with Crippen molar-refractivity contribution in [2.75, 3.05) is 92.1 Å². The molecule has 0 aromatic heterocycles. The number of esters is 2. The van der Waals surface area contributed by atoms with E-state index in [9.17, 15) is 9.59 Å². The Morgan fingerprint density at radius 2 is 0.775 bits per heavy atom. The number of rotatable bonds is 16. The second kappa shape index (κ2) is 28.5. The predicted octanol–water partition coefficient (Wildman–Crippen LogP) is 14.7. The molecule has 0 bridgehead atoms. The number of hydrogen-bond donors (Lipinski definition) is 0. The minimum absolute atomic E-state index is 0.0166. The Morgan fingerprint density at radius 1 is 0.425 bits per heavy atom. The Bertz CT molecular complexity index is 1780. The molecular formula is C70H122N2O8. The first-order valence-corrected chi connectivity index (χ1v) is 34.6. The number of hydrogen-bond acceptors (Lipinski definition) is 10. The van der Waals surface area contributed by atoms with Crippen molar-refractivity contribution < 1.29 is 38.0 Å². The third-order valence-corrected chi connectivity index (χ3v) is 25.9. The standard InChI is InChI=1S/C70H122N2O8/c1-49(2)13-11-15-51(5)59-21-23-61-57-19-17-53-45-55(25-29-67(53,7)63(57)27-31-69(59,61)9)79-65(73)47-71-33-37-75-41-43-77-39-35-72(36-40-78-44-42-76-38-34-71)48-66(74)80-56-26-30-68(8)54(46-56)18-20-58-62-24-22-60(52(6)16-12-14-50(3)4)70(62,10)32-28-64(58)68/h49-64H,11-48H2,1-10H3/t51-,52-,53?,54?,55?,56?,57+,58+,59-,60-,61+,62+,63+,64+,67+,68+,69-,70-/m1/s1. The van der Waals surface area contributed by atoms with Gasteiger partial charge in [0.2, 0.25) is 0 Å². The Balaban J connectivity index is 0.667. The number of fused-ring (bicyclic) bond motifs is 10. The topological polar surface area (TPSA) is 96.0 Å². The van der Waals surface area contributed by atoms with Gasteiger partial charge in [0.25, 0.3) is 0 Å². The zero-order valence-corrected chi connectivity index (χ0v) is 53.3. The molecule has 10 nitrogen and oxygen atoms in total. The maximum Gasteiger partial charge on any atom is 0.320 e. The number of nitrogens with zero attached hydrogens (tertiary/aromatic N) is 2. The molecule has 80 heavy (non-hydrogen) atoms. The van der Waals surface area contributed by atoms with Crippen LogP contribution in [0.1, 0.15) is 223 Å². The van der Waals surface area contributed by atoms with Crippen LogP contribution in [0.4, 0.5) is 0 Å². The SMILES string of the molecule is CC(C)CCC[C@@H](C)[C@H]1CC[C@H]2[C@@H]3CCC4CC(OC(=O)CN5CCOCCOCCN(CC(=O)OC6CC[C@@]7(C)C(CC[C@H]8[C@@H]9CC[C@H]([C@H](C)CCCC(C)C)[C@@]9(C)CC[C@@H]87)C6)CCOCCOCC5)CC[C@]4(C)[C@H]3CC[C@]12C. The summed E-state index contributed by atoms with van der Waals surface area (Å²) in [5.74, 6) is 11.4. The van der Waals surface area contributed by atoms with Crippen LogP contribution in [0.5, 0.6) is 0 Å². The maximum absolute atomic E-state index is 13.7. The van der Waals surface area contributed by atoms with Gasteiger partial charge in [-0.1, -0.05) is 108 Å². The smallest absolute Gasteiger partial charge is 0.320 e. The van der Waals surface area contributed by atoms with E-state index in [1.165, 1.54) is 128 Å². The van der Waals surface area contributed by atoms with E-state index in [-0.39, 0.29) is 37.2 Å². The fourth-order valence-electron chi connectivity index (χ4n) is 21.5.